The molecule has 0 saturated heterocycles. The summed E-state index contributed by atoms with van der Waals surface area (Å²) in [5, 5.41) is 1.94. The van der Waals surface area contributed by atoms with E-state index in [-0.39, 0.29) is 0 Å². The molecule has 0 aromatic heterocycles. The van der Waals surface area contributed by atoms with Gasteiger partial charge in [0.1, 0.15) is 0 Å². The number of hydrazine groups is 2. The minimum absolute atomic E-state index is 0.662. The summed E-state index contributed by atoms with van der Waals surface area (Å²) in [6.45, 7) is 12.4. The summed E-state index contributed by atoms with van der Waals surface area (Å²) < 4.78 is 0. The third kappa shape index (κ3) is 5.52. The Bertz CT molecular complexity index is 511. The number of hydrogen-bond donors (Lipinski definition) is 2. The standard InChI is InChI=1S/C15H23N5.C2H4/c1-12-6-3-4-8-17-14(12)10-20(19-16)11-15-13(2)7-5-9-18-15;1-2/h3,6-8,19H,4-5,9-11,16H2,1-2H3;1-2H2. The first-order chi connectivity index (χ1) is 10.7. The van der Waals surface area contributed by atoms with Crippen molar-refractivity contribution in [3.8, 4) is 0 Å². The first kappa shape index (κ1) is 18.2. The van der Waals surface area contributed by atoms with Crippen LogP contribution in [0.2, 0.25) is 0 Å². The summed E-state index contributed by atoms with van der Waals surface area (Å²) in [5.41, 5.74) is 7.31. The van der Waals surface area contributed by atoms with Crippen LogP contribution in [0.25, 0.3) is 0 Å². The van der Waals surface area contributed by atoms with Crippen LogP contribution in [0.5, 0.6) is 0 Å². The molecule has 2 rings (SSSR count). The van der Waals surface area contributed by atoms with Crippen LogP contribution in [0.4, 0.5) is 0 Å². The van der Waals surface area contributed by atoms with Gasteiger partial charge in [-0.05, 0) is 31.4 Å². The number of hydrogen-bond acceptors (Lipinski definition) is 5. The normalized spacial score (nSPS) is 17.6. The molecule has 0 bridgehead atoms. The average Bonchev–Trinajstić information content (AvgIpc) is 2.75. The van der Waals surface area contributed by atoms with Crippen molar-refractivity contribution < 1.29 is 0 Å². The number of aliphatic imine (C=N–C) groups is 2. The largest absolute Gasteiger partial charge is 0.288 e. The van der Waals surface area contributed by atoms with E-state index in [9.17, 15) is 0 Å². The van der Waals surface area contributed by atoms with Crippen LogP contribution in [0.3, 0.4) is 0 Å². The van der Waals surface area contributed by atoms with Gasteiger partial charge in [-0.2, -0.15) is 5.53 Å². The Balaban J connectivity index is 0.00000116. The first-order valence-corrected chi connectivity index (χ1v) is 7.51. The summed E-state index contributed by atoms with van der Waals surface area (Å²) in [5.74, 6) is 5.65. The molecule has 0 unspecified atom stereocenters. The minimum Gasteiger partial charge on any atom is -0.288 e. The van der Waals surface area contributed by atoms with E-state index in [0.29, 0.717) is 13.1 Å². The Morgan fingerprint density at radius 2 is 2.09 bits per heavy atom. The summed E-state index contributed by atoms with van der Waals surface area (Å²) in [6, 6.07) is 0. The van der Waals surface area contributed by atoms with E-state index in [1.54, 1.807) is 0 Å². The molecule has 0 aromatic carbocycles. The fraction of sp³-hybridized carbons (Fsp3) is 0.412. The zero-order valence-corrected chi connectivity index (χ0v) is 13.7. The summed E-state index contributed by atoms with van der Waals surface area (Å²) in [6.07, 6.45) is 10.3. The lowest BCUT2D eigenvalue weighted by Crippen LogP contribution is -2.47. The summed E-state index contributed by atoms with van der Waals surface area (Å²) >= 11 is 0. The van der Waals surface area contributed by atoms with Crippen molar-refractivity contribution in [3.05, 3.63) is 48.2 Å². The number of allylic oxidation sites excluding steroid dienone is 3. The molecule has 0 atom stereocenters. The molecule has 22 heavy (non-hydrogen) atoms. The van der Waals surface area contributed by atoms with Gasteiger partial charge >= 0.3 is 0 Å². The maximum absolute atomic E-state index is 5.65. The smallest absolute Gasteiger partial charge is 0.0584 e. The van der Waals surface area contributed by atoms with Crippen LogP contribution < -0.4 is 11.4 Å². The van der Waals surface area contributed by atoms with Gasteiger partial charge in [-0.3, -0.25) is 15.8 Å². The van der Waals surface area contributed by atoms with Crippen molar-refractivity contribution in [2.24, 2.45) is 15.8 Å². The van der Waals surface area contributed by atoms with Crippen LogP contribution in [-0.2, 0) is 0 Å². The van der Waals surface area contributed by atoms with E-state index < -0.39 is 0 Å². The Morgan fingerprint density at radius 3 is 2.77 bits per heavy atom. The van der Waals surface area contributed by atoms with E-state index in [2.05, 4.69) is 60.8 Å². The van der Waals surface area contributed by atoms with Crippen LogP contribution in [0, 0.1) is 0 Å². The van der Waals surface area contributed by atoms with Gasteiger partial charge in [-0.15, -0.1) is 13.2 Å². The third-order valence-electron chi connectivity index (χ3n) is 3.51. The van der Waals surface area contributed by atoms with Gasteiger partial charge in [0.15, 0.2) is 0 Å². The minimum atomic E-state index is 0.662. The summed E-state index contributed by atoms with van der Waals surface area (Å²) in [4.78, 5) is 9.08. The number of nitrogens with zero attached hydrogens (tertiary/aromatic N) is 3. The van der Waals surface area contributed by atoms with Crippen LogP contribution >= 0.6 is 0 Å². The molecule has 0 aliphatic carbocycles. The first-order valence-electron chi connectivity index (χ1n) is 7.51. The van der Waals surface area contributed by atoms with Gasteiger partial charge in [-0.25, -0.2) is 5.01 Å². The molecule has 5 heteroatoms. The molecule has 0 fully saturated rings. The van der Waals surface area contributed by atoms with E-state index in [0.717, 1.165) is 30.8 Å². The molecule has 0 aromatic rings. The highest BCUT2D eigenvalue weighted by molar-refractivity contribution is 6.01. The molecular formula is C17H27N5. The molecule has 5 nitrogen and oxygen atoms in total. The molecule has 0 saturated carbocycles. The highest BCUT2D eigenvalue weighted by Crippen LogP contribution is 2.13. The average molecular weight is 301 g/mol. The molecule has 0 amide bonds. The van der Waals surface area contributed by atoms with Gasteiger partial charge in [0.25, 0.3) is 0 Å². The van der Waals surface area contributed by atoms with E-state index in [1.165, 1.54) is 11.1 Å². The van der Waals surface area contributed by atoms with E-state index in [4.69, 9.17) is 5.84 Å². The monoisotopic (exact) mass is 301 g/mol. The van der Waals surface area contributed by atoms with Gasteiger partial charge in [0.2, 0.25) is 0 Å². The molecule has 3 N–H and O–H groups in total. The fourth-order valence-corrected chi connectivity index (χ4v) is 2.24. The number of dihydropyridines is 1. The highest BCUT2D eigenvalue weighted by atomic mass is 15.6. The number of nitrogens with two attached hydrogens (primary N) is 1. The quantitative estimate of drug-likeness (QED) is 0.466. The van der Waals surface area contributed by atoms with Crippen molar-refractivity contribution in [1.82, 2.24) is 10.5 Å². The van der Waals surface area contributed by atoms with Crippen molar-refractivity contribution in [2.45, 2.75) is 26.7 Å². The predicted molar refractivity (Wildman–Crippen MR) is 95.8 cm³/mol. The van der Waals surface area contributed by atoms with Crippen molar-refractivity contribution >= 4 is 11.9 Å². The third-order valence-corrected chi connectivity index (χ3v) is 3.51. The molecular weight excluding hydrogens is 274 g/mol. The second-order valence-electron chi connectivity index (χ2n) is 5.07. The molecule has 2 aliphatic heterocycles. The SMILES string of the molecule is C=C.CC1=CCCN=C1CN(CC1=C(C)C=CCC=N1)NN. The second kappa shape index (κ2) is 10.00. The zero-order valence-electron chi connectivity index (χ0n) is 13.7. The molecule has 2 heterocycles. The zero-order chi connectivity index (χ0) is 16.4. The van der Waals surface area contributed by atoms with Gasteiger partial charge < -0.3 is 0 Å². The Hall–Kier alpha value is -1.82. The summed E-state index contributed by atoms with van der Waals surface area (Å²) in [7, 11) is 0. The van der Waals surface area contributed by atoms with Crippen LogP contribution in [0.1, 0.15) is 26.7 Å². The van der Waals surface area contributed by atoms with E-state index in [1.807, 2.05) is 11.2 Å². The molecule has 120 valence electrons. The Morgan fingerprint density at radius 1 is 1.32 bits per heavy atom. The maximum atomic E-state index is 5.65. The molecule has 0 spiro atoms. The lowest BCUT2D eigenvalue weighted by molar-refractivity contribution is 0.237. The number of rotatable bonds is 5. The predicted octanol–water partition coefficient (Wildman–Crippen LogP) is 2.56. The van der Waals surface area contributed by atoms with Gasteiger partial charge in [0.05, 0.1) is 24.5 Å². The Labute approximate surface area is 133 Å². The highest BCUT2D eigenvalue weighted by Gasteiger charge is 2.14. The molecule has 0 radical (unpaired) electrons. The van der Waals surface area contributed by atoms with Crippen LogP contribution in [0.15, 0.2) is 58.2 Å². The number of nitrogens with one attached hydrogen (secondary N) is 1. The topological polar surface area (TPSA) is 66.0 Å². The van der Waals surface area contributed by atoms with Crippen molar-refractivity contribution in [1.29, 1.82) is 0 Å². The van der Waals surface area contributed by atoms with Crippen molar-refractivity contribution in [2.75, 3.05) is 19.6 Å². The lowest BCUT2D eigenvalue weighted by atomic mass is 10.1. The van der Waals surface area contributed by atoms with Gasteiger partial charge in [0, 0.05) is 19.2 Å². The van der Waals surface area contributed by atoms with E-state index >= 15 is 0 Å². The fourth-order valence-electron chi connectivity index (χ4n) is 2.24. The lowest BCUT2D eigenvalue weighted by Gasteiger charge is -2.23. The second-order valence-corrected chi connectivity index (χ2v) is 5.07. The van der Waals surface area contributed by atoms with Crippen LogP contribution in [-0.4, -0.2) is 36.6 Å². The van der Waals surface area contributed by atoms with Crippen molar-refractivity contribution in [3.63, 3.8) is 0 Å². The van der Waals surface area contributed by atoms with Gasteiger partial charge in [-0.1, -0.05) is 18.2 Å². The molecule has 2 aliphatic rings. The maximum Gasteiger partial charge on any atom is 0.0584 e. The Kier molecular flexibility index (Phi) is 8.28.